The fourth-order valence-corrected chi connectivity index (χ4v) is 2.79. The van der Waals surface area contributed by atoms with Crippen LogP contribution in [-0.4, -0.2) is 47.7 Å². The van der Waals surface area contributed by atoms with Crippen LogP contribution in [0.25, 0.3) is 6.08 Å². The smallest absolute Gasteiger partial charge is 0.328 e. The molecule has 1 aromatic rings. The van der Waals surface area contributed by atoms with Crippen molar-refractivity contribution >= 4 is 23.4 Å². The molecule has 1 N–H and O–H groups in total. The van der Waals surface area contributed by atoms with Crippen LogP contribution in [0.4, 0.5) is 0 Å². The molecule has 0 aromatic carbocycles. The molecule has 1 heterocycles. The van der Waals surface area contributed by atoms with Crippen LogP contribution in [0.15, 0.2) is 6.08 Å². The molecule has 0 unspecified atom stereocenters. The normalized spacial score (nSPS) is 11.6. The van der Waals surface area contributed by atoms with E-state index in [2.05, 4.69) is 23.7 Å². The fourth-order valence-electron chi connectivity index (χ4n) is 1.83. The topological polar surface area (TPSA) is 62.7 Å². The first-order chi connectivity index (χ1) is 9.60. The molecule has 1 rings (SSSR count). The molecule has 1 aromatic heterocycles. The number of carboxylic acids is 1. The molecule has 0 fully saturated rings. The Morgan fingerprint density at radius 2 is 2.15 bits per heavy atom. The largest absolute Gasteiger partial charge is 0.478 e. The van der Waals surface area contributed by atoms with Crippen LogP contribution in [0.1, 0.15) is 29.4 Å². The van der Waals surface area contributed by atoms with Gasteiger partial charge in [0.25, 0.3) is 0 Å². The summed E-state index contributed by atoms with van der Waals surface area (Å²) in [5.41, 5.74) is 0.810. The lowest BCUT2D eigenvalue weighted by Crippen LogP contribution is -2.25. The van der Waals surface area contributed by atoms with E-state index in [-0.39, 0.29) is 0 Å². The summed E-state index contributed by atoms with van der Waals surface area (Å²) in [6.07, 6.45) is 3.61. The van der Waals surface area contributed by atoms with E-state index in [1.54, 1.807) is 13.2 Å². The van der Waals surface area contributed by atoms with Crippen molar-refractivity contribution in [2.75, 3.05) is 26.7 Å². The molecule has 20 heavy (non-hydrogen) atoms. The van der Waals surface area contributed by atoms with Gasteiger partial charge in [-0.2, -0.15) is 0 Å². The molecule has 0 saturated heterocycles. The number of ether oxygens (including phenoxy) is 1. The molecule has 0 bridgehead atoms. The summed E-state index contributed by atoms with van der Waals surface area (Å²) in [5, 5.41) is 9.72. The van der Waals surface area contributed by atoms with Crippen molar-refractivity contribution in [1.29, 1.82) is 0 Å². The van der Waals surface area contributed by atoms with Crippen molar-refractivity contribution in [2.45, 2.75) is 26.9 Å². The van der Waals surface area contributed by atoms with Crippen LogP contribution in [0, 0.1) is 0 Å². The molecule has 0 aliphatic rings. The van der Waals surface area contributed by atoms with Crippen LogP contribution in [-0.2, 0) is 22.6 Å². The third-order valence-electron chi connectivity index (χ3n) is 2.97. The van der Waals surface area contributed by atoms with Gasteiger partial charge in [0.05, 0.1) is 22.2 Å². The highest BCUT2D eigenvalue weighted by Gasteiger charge is 2.10. The molecule has 6 heteroatoms. The Morgan fingerprint density at radius 1 is 1.45 bits per heavy atom. The summed E-state index contributed by atoms with van der Waals surface area (Å²) in [4.78, 5) is 18.3. The van der Waals surface area contributed by atoms with E-state index in [0.29, 0.717) is 6.61 Å². The number of thiazole rings is 1. The van der Waals surface area contributed by atoms with E-state index < -0.39 is 5.97 Å². The quantitative estimate of drug-likeness (QED) is 0.709. The summed E-state index contributed by atoms with van der Waals surface area (Å²) in [6.45, 7) is 7.71. The standard InChI is InChI=1S/C14H22N2O3S/c1-4-16(5-2)9-8-13-15-11(10-19-3)12(20-13)6-7-14(17)18/h6-7H,4-5,8-10H2,1-3H3,(H,17,18)/b7-6+. The molecular weight excluding hydrogens is 276 g/mol. The SMILES string of the molecule is CCN(CC)CCc1nc(COC)c(/C=C/C(=O)O)s1. The van der Waals surface area contributed by atoms with Gasteiger partial charge in [0.15, 0.2) is 0 Å². The Hall–Kier alpha value is -1.24. The zero-order chi connectivity index (χ0) is 15.0. The van der Waals surface area contributed by atoms with Crippen LogP contribution in [0.5, 0.6) is 0 Å². The number of carboxylic acid groups (broad SMARTS) is 1. The highest BCUT2D eigenvalue weighted by molar-refractivity contribution is 7.12. The molecule has 0 radical (unpaired) electrons. The number of aromatic nitrogens is 1. The van der Waals surface area contributed by atoms with E-state index in [1.165, 1.54) is 11.3 Å². The van der Waals surface area contributed by atoms with Gasteiger partial charge in [-0.25, -0.2) is 9.78 Å². The summed E-state index contributed by atoms with van der Waals surface area (Å²) < 4.78 is 5.11. The van der Waals surface area contributed by atoms with Crippen LogP contribution < -0.4 is 0 Å². The minimum Gasteiger partial charge on any atom is -0.478 e. The van der Waals surface area contributed by atoms with Gasteiger partial charge in [-0.15, -0.1) is 11.3 Å². The summed E-state index contributed by atoms with van der Waals surface area (Å²) in [5.74, 6) is -0.952. The molecule has 0 aliphatic heterocycles. The summed E-state index contributed by atoms with van der Waals surface area (Å²) >= 11 is 1.54. The van der Waals surface area contributed by atoms with Gasteiger partial charge < -0.3 is 14.7 Å². The second kappa shape index (κ2) is 8.84. The number of likely N-dealkylation sites (N-methyl/N-ethyl adjacent to an activating group) is 1. The maximum absolute atomic E-state index is 10.6. The Balaban J connectivity index is 2.77. The van der Waals surface area contributed by atoms with Gasteiger partial charge in [-0.3, -0.25) is 0 Å². The third kappa shape index (κ3) is 5.40. The van der Waals surface area contributed by atoms with Crippen molar-refractivity contribution in [3.05, 3.63) is 21.7 Å². The van der Waals surface area contributed by atoms with Crippen molar-refractivity contribution in [1.82, 2.24) is 9.88 Å². The number of rotatable bonds is 9. The molecule has 0 amide bonds. The van der Waals surface area contributed by atoms with Crippen LogP contribution in [0.2, 0.25) is 0 Å². The Bertz CT molecular complexity index is 453. The second-order valence-electron chi connectivity index (χ2n) is 4.30. The van der Waals surface area contributed by atoms with E-state index >= 15 is 0 Å². The minimum atomic E-state index is -0.952. The molecule has 5 nitrogen and oxygen atoms in total. The van der Waals surface area contributed by atoms with Gasteiger partial charge >= 0.3 is 5.97 Å². The first kappa shape index (κ1) is 16.8. The number of hydrogen-bond acceptors (Lipinski definition) is 5. The third-order valence-corrected chi connectivity index (χ3v) is 4.09. The molecule has 0 atom stereocenters. The molecule has 112 valence electrons. The lowest BCUT2D eigenvalue weighted by atomic mass is 10.3. The highest BCUT2D eigenvalue weighted by atomic mass is 32.1. The lowest BCUT2D eigenvalue weighted by molar-refractivity contribution is -0.131. The monoisotopic (exact) mass is 298 g/mol. The van der Waals surface area contributed by atoms with Crippen molar-refractivity contribution < 1.29 is 14.6 Å². The van der Waals surface area contributed by atoms with Crippen molar-refractivity contribution in [3.63, 3.8) is 0 Å². The van der Waals surface area contributed by atoms with Gasteiger partial charge in [0, 0.05) is 26.2 Å². The Kier molecular flexibility index (Phi) is 7.43. The van der Waals surface area contributed by atoms with E-state index in [0.717, 1.165) is 47.7 Å². The molecule has 0 aliphatic carbocycles. The molecule has 0 saturated carbocycles. The number of nitrogens with zero attached hydrogens (tertiary/aromatic N) is 2. The number of aliphatic carboxylic acids is 1. The second-order valence-corrected chi connectivity index (χ2v) is 5.42. The first-order valence-electron chi connectivity index (χ1n) is 6.71. The zero-order valence-corrected chi connectivity index (χ0v) is 13.1. The van der Waals surface area contributed by atoms with E-state index in [1.807, 2.05) is 0 Å². The van der Waals surface area contributed by atoms with Gasteiger partial charge in [0.2, 0.25) is 0 Å². The first-order valence-corrected chi connectivity index (χ1v) is 7.53. The van der Waals surface area contributed by atoms with E-state index in [4.69, 9.17) is 9.84 Å². The Labute approximate surface area is 123 Å². The Morgan fingerprint density at radius 3 is 2.70 bits per heavy atom. The van der Waals surface area contributed by atoms with Crippen molar-refractivity contribution in [3.8, 4) is 0 Å². The van der Waals surface area contributed by atoms with Crippen molar-refractivity contribution in [2.24, 2.45) is 0 Å². The van der Waals surface area contributed by atoms with Gasteiger partial charge in [-0.1, -0.05) is 13.8 Å². The zero-order valence-electron chi connectivity index (χ0n) is 12.3. The molecule has 0 spiro atoms. The highest BCUT2D eigenvalue weighted by Crippen LogP contribution is 2.21. The number of hydrogen-bond donors (Lipinski definition) is 1. The van der Waals surface area contributed by atoms with Gasteiger partial charge in [0.1, 0.15) is 0 Å². The minimum absolute atomic E-state index is 0.404. The molecular formula is C14H22N2O3S. The van der Waals surface area contributed by atoms with E-state index in [9.17, 15) is 4.79 Å². The lowest BCUT2D eigenvalue weighted by Gasteiger charge is -2.16. The predicted octanol–water partition coefficient (Wildman–Crippen LogP) is 2.27. The summed E-state index contributed by atoms with van der Waals surface area (Å²) in [6, 6.07) is 0. The fraction of sp³-hybridized carbons (Fsp3) is 0.571. The summed E-state index contributed by atoms with van der Waals surface area (Å²) in [7, 11) is 1.61. The van der Waals surface area contributed by atoms with Gasteiger partial charge in [-0.05, 0) is 19.2 Å². The predicted molar refractivity (Wildman–Crippen MR) is 81.0 cm³/mol. The maximum Gasteiger partial charge on any atom is 0.328 e. The number of methoxy groups -OCH3 is 1. The maximum atomic E-state index is 10.6. The van der Waals surface area contributed by atoms with Crippen LogP contribution in [0.3, 0.4) is 0 Å². The average Bonchev–Trinajstić information content (AvgIpc) is 2.80. The van der Waals surface area contributed by atoms with Crippen LogP contribution >= 0.6 is 11.3 Å². The number of carbonyl (C=O) groups is 1. The average molecular weight is 298 g/mol.